The molecule has 1 aromatic heterocycles. The minimum absolute atomic E-state index is 0.0889. The van der Waals surface area contributed by atoms with Crippen LogP contribution in [0.3, 0.4) is 0 Å². The number of carboxylic acid groups (broad SMARTS) is 1. The monoisotopic (exact) mass is 269 g/mol. The molecule has 0 unspecified atom stereocenters. The summed E-state index contributed by atoms with van der Waals surface area (Å²) in [5.41, 5.74) is -0.123. The summed E-state index contributed by atoms with van der Waals surface area (Å²) in [6.45, 7) is 0.0889. The predicted molar refractivity (Wildman–Crippen MR) is 71.7 cm³/mol. The summed E-state index contributed by atoms with van der Waals surface area (Å²) < 4.78 is 10.6. The van der Waals surface area contributed by atoms with Crippen LogP contribution in [-0.4, -0.2) is 16.1 Å². The molecule has 1 heterocycles. The van der Waals surface area contributed by atoms with E-state index in [1.807, 2.05) is 42.5 Å². The summed E-state index contributed by atoms with van der Waals surface area (Å²) >= 11 is 0. The van der Waals surface area contributed by atoms with E-state index < -0.39 is 5.97 Å². The zero-order valence-electron chi connectivity index (χ0n) is 10.4. The third-order valence-electron chi connectivity index (χ3n) is 2.85. The van der Waals surface area contributed by atoms with Crippen LogP contribution in [0.25, 0.3) is 10.8 Å². The van der Waals surface area contributed by atoms with Gasteiger partial charge in [-0.1, -0.05) is 30.3 Å². The van der Waals surface area contributed by atoms with Crippen LogP contribution in [0.1, 0.15) is 16.4 Å². The fourth-order valence-corrected chi connectivity index (χ4v) is 1.88. The largest absolute Gasteiger partial charge is 0.484 e. The first-order chi connectivity index (χ1) is 9.72. The number of aromatic carboxylic acids is 1. The molecule has 0 aliphatic rings. The lowest BCUT2D eigenvalue weighted by Crippen LogP contribution is -1.99. The van der Waals surface area contributed by atoms with Crippen LogP contribution in [0.2, 0.25) is 0 Å². The molecule has 5 heteroatoms. The molecule has 0 amide bonds. The van der Waals surface area contributed by atoms with Crippen molar-refractivity contribution in [1.82, 2.24) is 4.98 Å². The van der Waals surface area contributed by atoms with E-state index in [4.69, 9.17) is 14.3 Å². The number of nitrogens with zero attached hydrogens (tertiary/aromatic N) is 1. The van der Waals surface area contributed by atoms with Crippen molar-refractivity contribution in [2.45, 2.75) is 6.61 Å². The van der Waals surface area contributed by atoms with E-state index in [9.17, 15) is 4.79 Å². The Morgan fingerprint density at radius 3 is 2.75 bits per heavy atom. The third-order valence-corrected chi connectivity index (χ3v) is 2.85. The lowest BCUT2D eigenvalue weighted by atomic mass is 10.1. The van der Waals surface area contributed by atoms with Crippen LogP contribution >= 0.6 is 0 Å². The van der Waals surface area contributed by atoms with E-state index >= 15 is 0 Å². The van der Waals surface area contributed by atoms with Crippen molar-refractivity contribution in [1.29, 1.82) is 0 Å². The smallest absolute Gasteiger partial charge is 0.357 e. The predicted octanol–water partition coefficient (Wildman–Crippen LogP) is 3.11. The summed E-state index contributed by atoms with van der Waals surface area (Å²) in [6.07, 6.45) is 1.10. The molecule has 5 nitrogen and oxygen atoms in total. The molecule has 0 radical (unpaired) electrons. The Balaban J connectivity index is 1.74. The zero-order chi connectivity index (χ0) is 13.9. The number of aromatic nitrogens is 1. The fraction of sp³-hybridized carbons (Fsp3) is 0.0667. The highest BCUT2D eigenvalue weighted by Gasteiger charge is 2.10. The molecule has 0 aliphatic heterocycles. The third kappa shape index (κ3) is 2.47. The van der Waals surface area contributed by atoms with Gasteiger partial charge in [0, 0.05) is 0 Å². The average molecular weight is 269 g/mol. The van der Waals surface area contributed by atoms with Crippen molar-refractivity contribution in [2.24, 2.45) is 0 Å². The van der Waals surface area contributed by atoms with E-state index in [-0.39, 0.29) is 18.2 Å². The molecule has 0 aliphatic carbocycles. The molecule has 0 saturated carbocycles. The second kappa shape index (κ2) is 5.05. The molecule has 3 rings (SSSR count). The van der Waals surface area contributed by atoms with Gasteiger partial charge in [-0.05, 0) is 22.9 Å². The highest BCUT2D eigenvalue weighted by atomic mass is 16.5. The molecular formula is C15H11NO4. The van der Waals surface area contributed by atoms with Gasteiger partial charge in [0.05, 0.1) is 0 Å². The SMILES string of the molecule is O=C(O)c1coc(COc2ccc3ccccc3c2)n1. The Morgan fingerprint density at radius 1 is 1.20 bits per heavy atom. The van der Waals surface area contributed by atoms with E-state index in [0.29, 0.717) is 5.75 Å². The van der Waals surface area contributed by atoms with Gasteiger partial charge in [0.25, 0.3) is 0 Å². The van der Waals surface area contributed by atoms with Crippen molar-refractivity contribution >= 4 is 16.7 Å². The van der Waals surface area contributed by atoms with Gasteiger partial charge in [-0.3, -0.25) is 0 Å². The second-order valence-corrected chi connectivity index (χ2v) is 4.23. The molecule has 0 spiro atoms. The van der Waals surface area contributed by atoms with Gasteiger partial charge in [0.1, 0.15) is 12.0 Å². The van der Waals surface area contributed by atoms with E-state index in [1.165, 1.54) is 0 Å². The highest BCUT2D eigenvalue weighted by Crippen LogP contribution is 2.21. The summed E-state index contributed by atoms with van der Waals surface area (Å²) in [5.74, 6) is -0.208. The van der Waals surface area contributed by atoms with Crippen molar-refractivity contribution in [3.8, 4) is 5.75 Å². The second-order valence-electron chi connectivity index (χ2n) is 4.23. The standard InChI is InChI=1S/C15H11NO4/c17-15(18)13-8-20-14(16-13)9-19-12-6-5-10-3-1-2-4-11(10)7-12/h1-8H,9H2,(H,17,18). The Bertz CT molecular complexity index is 763. The van der Waals surface area contributed by atoms with Crippen molar-refractivity contribution < 1.29 is 19.1 Å². The van der Waals surface area contributed by atoms with Crippen molar-refractivity contribution in [3.05, 3.63) is 60.3 Å². The molecule has 0 bridgehead atoms. The molecule has 1 N–H and O–H groups in total. The Hall–Kier alpha value is -2.82. The van der Waals surface area contributed by atoms with Gasteiger partial charge in [-0.15, -0.1) is 0 Å². The first-order valence-electron chi connectivity index (χ1n) is 6.02. The van der Waals surface area contributed by atoms with E-state index in [1.54, 1.807) is 0 Å². The van der Waals surface area contributed by atoms with Crippen LogP contribution in [0, 0.1) is 0 Å². The number of oxazole rings is 1. The molecule has 0 atom stereocenters. The topological polar surface area (TPSA) is 72.6 Å². The van der Waals surface area contributed by atoms with Crippen LogP contribution in [0.15, 0.2) is 53.1 Å². The molecular weight excluding hydrogens is 258 g/mol. The summed E-state index contributed by atoms with van der Waals surface area (Å²) in [4.78, 5) is 14.5. The van der Waals surface area contributed by atoms with Gasteiger partial charge in [0.2, 0.25) is 5.89 Å². The minimum Gasteiger partial charge on any atom is -0.484 e. The number of carboxylic acids is 1. The maximum absolute atomic E-state index is 10.7. The summed E-state index contributed by atoms with van der Waals surface area (Å²) in [7, 11) is 0. The fourth-order valence-electron chi connectivity index (χ4n) is 1.88. The van der Waals surface area contributed by atoms with E-state index in [0.717, 1.165) is 17.0 Å². The summed E-state index contributed by atoms with van der Waals surface area (Å²) in [6, 6.07) is 13.7. The Labute approximate surface area is 114 Å². The van der Waals surface area contributed by atoms with Crippen molar-refractivity contribution in [2.75, 3.05) is 0 Å². The van der Waals surface area contributed by atoms with Gasteiger partial charge in [-0.25, -0.2) is 9.78 Å². The number of rotatable bonds is 4. The van der Waals surface area contributed by atoms with E-state index in [2.05, 4.69) is 4.98 Å². The van der Waals surface area contributed by atoms with Crippen LogP contribution in [0.5, 0.6) is 5.75 Å². The molecule has 0 fully saturated rings. The number of benzene rings is 2. The number of ether oxygens (including phenoxy) is 1. The summed E-state index contributed by atoms with van der Waals surface area (Å²) in [5, 5.41) is 10.9. The Morgan fingerprint density at radius 2 is 2.00 bits per heavy atom. The first-order valence-corrected chi connectivity index (χ1v) is 6.02. The van der Waals surface area contributed by atoms with Crippen LogP contribution in [-0.2, 0) is 6.61 Å². The van der Waals surface area contributed by atoms with Crippen molar-refractivity contribution in [3.63, 3.8) is 0 Å². The van der Waals surface area contributed by atoms with Gasteiger partial charge >= 0.3 is 5.97 Å². The maximum Gasteiger partial charge on any atom is 0.357 e. The minimum atomic E-state index is -1.12. The Kier molecular flexibility index (Phi) is 3.09. The average Bonchev–Trinajstić information content (AvgIpc) is 2.94. The molecule has 100 valence electrons. The van der Waals surface area contributed by atoms with Crippen LogP contribution < -0.4 is 4.74 Å². The number of fused-ring (bicyclic) bond motifs is 1. The number of carbonyl (C=O) groups is 1. The lowest BCUT2D eigenvalue weighted by Gasteiger charge is -2.05. The van der Waals surface area contributed by atoms with Gasteiger partial charge in [0.15, 0.2) is 12.3 Å². The number of hydrogen-bond donors (Lipinski definition) is 1. The van der Waals surface area contributed by atoms with Crippen LogP contribution in [0.4, 0.5) is 0 Å². The molecule has 20 heavy (non-hydrogen) atoms. The first kappa shape index (κ1) is 12.2. The normalized spacial score (nSPS) is 10.6. The quantitative estimate of drug-likeness (QED) is 0.787. The number of hydrogen-bond acceptors (Lipinski definition) is 4. The zero-order valence-corrected chi connectivity index (χ0v) is 10.4. The molecule has 3 aromatic rings. The molecule has 2 aromatic carbocycles. The van der Waals surface area contributed by atoms with Gasteiger partial charge in [-0.2, -0.15) is 0 Å². The van der Waals surface area contributed by atoms with Gasteiger partial charge < -0.3 is 14.3 Å². The maximum atomic E-state index is 10.7. The highest BCUT2D eigenvalue weighted by molar-refractivity contribution is 5.85. The molecule has 0 saturated heterocycles. The lowest BCUT2D eigenvalue weighted by molar-refractivity contribution is 0.0690.